The van der Waals surface area contributed by atoms with E-state index in [4.69, 9.17) is 4.74 Å². The Morgan fingerprint density at radius 2 is 2.24 bits per heavy atom. The molecule has 2 saturated heterocycles. The lowest BCUT2D eigenvalue weighted by Gasteiger charge is -2.56. The SMILES string of the molecule is C/C=C1\CN2CC[C@]34c5ccccc5N[C@H]3[C@@H](C(=O)OC)[C@H]1C(O)[C@H]24. The summed E-state index contributed by atoms with van der Waals surface area (Å²) in [5.74, 6) is -0.751. The van der Waals surface area contributed by atoms with E-state index < -0.39 is 6.10 Å². The maximum atomic E-state index is 12.8. The number of carbonyl (C=O) groups is 1. The molecule has 0 aromatic heterocycles. The summed E-state index contributed by atoms with van der Waals surface area (Å²) >= 11 is 0. The zero-order valence-electron chi connectivity index (χ0n) is 14.6. The molecule has 1 aromatic carbocycles. The molecule has 1 aromatic rings. The zero-order valence-corrected chi connectivity index (χ0v) is 14.6. The van der Waals surface area contributed by atoms with Crippen LogP contribution in [0.4, 0.5) is 5.69 Å². The molecule has 0 radical (unpaired) electrons. The summed E-state index contributed by atoms with van der Waals surface area (Å²) in [5.41, 5.74) is 3.30. The average molecular weight is 340 g/mol. The molecule has 1 spiro atoms. The highest BCUT2D eigenvalue weighted by Gasteiger charge is 2.70. The Morgan fingerprint density at radius 1 is 1.44 bits per heavy atom. The standard InChI is InChI=1S/C20H24N2O3/c1-3-11-10-22-9-8-20-12-6-4-5-7-13(12)21-17(20)15(19(24)25-2)14(11)16(23)18(20)22/h3-7,14-18,21,23H,8-10H2,1-2H3/b11-3+/t14-,15-,16?,17-,18-,20-/m0/s1. The van der Waals surface area contributed by atoms with Crippen LogP contribution >= 0.6 is 0 Å². The maximum absolute atomic E-state index is 12.8. The minimum absolute atomic E-state index is 0.0315. The lowest BCUT2D eigenvalue weighted by Crippen LogP contribution is -2.70. The summed E-state index contributed by atoms with van der Waals surface area (Å²) in [4.78, 5) is 15.2. The number of piperidine rings is 1. The van der Waals surface area contributed by atoms with Crippen LogP contribution in [0, 0.1) is 11.8 Å². The van der Waals surface area contributed by atoms with Crippen molar-refractivity contribution in [3.63, 3.8) is 0 Å². The molecule has 5 nitrogen and oxygen atoms in total. The summed E-state index contributed by atoms with van der Waals surface area (Å²) in [7, 11) is 1.45. The van der Waals surface area contributed by atoms with E-state index in [1.807, 2.05) is 13.0 Å². The number of anilines is 1. The highest BCUT2D eigenvalue weighted by Crippen LogP contribution is 2.61. The Kier molecular flexibility index (Phi) is 3.13. The van der Waals surface area contributed by atoms with E-state index >= 15 is 0 Å². The van der Waals surface area contributed by atoms with Crippen LogP contribution in [-0.2, 0) is 14.9 Å². The molecule has 25 heavy (non-hydrogen) atoms. The van der Waals surface area contributed by atoms with Gasteiger partial charge in [-0.05, 0) is 31.5 Å². The Hall–Kier alpha value is -1.85. The van der Waals surface area contributed by atoms with E-state index in [9.17, 15) is 9.90 Å². The molecule has 1 saturated carbocycles. The summed E-state index contributed by atoms with van der Waals surface area (Å²) in [6, 6.07) is 8.37. The van der Waals surface area contributed by atoms with Gasteiger partial charge >= 0.3 is 5.97 Å². The quantitative estimate of drug-likeness (QED) is 0.600. The van der Waals surface area contributed by atoms with E-state index in [1.165, 1.54) is 12.7 Å². The molecule has 0 amide bonds. The van der Waals surface area contributed by atoms with Crippen molar-refractivity contribution in [1.29, 1.82) is 0 Å². The number of esters is 1. The average Bonchev–Trinajstić information content (AvgIpc) is 3.18. The van der Waals surface area contributed by atoms with Crippen molar-refractivity contribution in [3.8, 4) is 0 Å². The van der Waals surface area contributed by atoms with Gasteiger partial charge in [-0.15, -0.1) is 0 Å². The van der Waals surface area contributed by atoms with E-state index in [0.717, 1.165) is 30.8 Å². The zero-order chi connectivity index (χ0) is 17.3. The predicted octanol–water partition coefficient (Wildman–Crippen LogP) is 1.53. The minimum atomic E-state index is -0.546. The number of aliphatic hydroxyl groups is 1. The number of hydrogen-bond donors (Lipinski definition) is 2. The second kappa shape index (κ2) is 5.08. The van der Waals surface area contributed by atoms with Gasteiger partial charge in [0.1, 0.15) is 0 Å². The van der Waals surface area contributed by atoms with Gasteiger partial charge in [-0.1, -0.05) is 29.8 Å². The number of carbonyl (C=O) groups excluding carboxylic acids is 1. The molecule has 3 fully saturated rings. The Labute approximate surface area is 147 Å². The second-order valence-corrected chi connectivity index (χ2v) is 7.80. The number of ether oxygens (including phenoxy) is 1. The van der Waals surface area contributed by atoms with Gasteiger partial charge in [0, 0.05) is 29.6 Å². The number of benzene rings is 1. The van der Waals surface area contributed by atoms with Gasteiger partial charge in [0.15, 0.2) is 0 Å². The molecule has 2 N–H and O–H groups in total. The van der Waals surface area contributed by atoms with Crippen LogP contribution in [-0.4, -0.2) is 54.4 Å². The lowest BCUT2D eigenvalue weighted by molar-refractivity contribution is -0.157. The fraction of sp³-hybridized carbons (Fsp3) is 0.550. The van der Waals surface area contributed by atoms with Crippen molar-refractivity contribution in [3.05, 3.63) is 41.5 Å². The van der Waals surface area contributed by atoms with E-state index in [-0.39, 0.29) is 35.3 Å². The van der Waals surface area contributed by atoms with Crippen LogP contribution in [0.3, 0.4) is 0 Å². The number of hydrogen-bond acceptors (Lipinski definition) is 5. The van der Waals surface area contributed by atoms with Gasteiger partial charge in [-0.2, -0.15) is 0 Å². The Bertz CT molecular complexity index is 776. The molecule has 3 aliphatic heterocycles. The lowest BCUT2D eigenvalue weighted by atomic mass is 9.54. The van der Waals surface area contributed by atoms with Crippen LogP contribution in [0.15, 0.2) is 35.9 Å². The number of aliphatic hydroxyl groups excluding tert-OH is 1. The number of allylic oxidation sites excluding steroid dienone is 1. The van der Waals surface area contributed by atoms with Crippen molar-refractivity contribution in [2.24, 2.45) is 11.8 Å². The van der Waals surface area contributed by atoms with Gasteiger partial charge in [0.05, 0.1) is 25.2 Å². The molecular weight excluding hydrogens is 316 g/mol. The number of para-hydroxylation sites is 1. The smallest absolute Gasteiger partial charge is 0.311 e. The number of methoxy groups -OCH3 is 1. The van der Waals surface area contributed by atoms with Gasteiger partial charge in [0.2, 0.25) is 0 Å². The summed E-state index contributed by atoms with van der Waals surface area (Å²) in [5, 5.41) is 15.0. The molecule has 4 aliphatic rings. The number of nitrogens with one attached hydrogen (secondary N) is 1. The van der Waals surface area contributed by atoms with Crippen molar-refractivity contribution in [2.75, 3.05) is 25.5 Å². The molecule has 6 atom stereocenters. The molecule has 5 heteroatoms. The molecule has 132 valence electrons. The van der Waals surface area contributed by atoms with Crippen molar-refractivity contribution < 1.29 is 14.6 Å². The third kappa shape index (κ3) is 1.68. The molecular formula is C20H24N2O3. The van der Waals surface area contributed by atoms with Gasteiger partial charge in [-0.3, -0.25) is 9.69 Å². The summed E-state index contributed by atoms with van der Waals surface area (Å²) in [6.07, 6.45) is 2.49. The topological polar surface area (TPSA) is 61.8 Å². The van der Waals surface area contributed by atoms with Crippen LogP contribution < -0.4 is 5.32 Å². The van der Waals surface area contributed by atoms with E-state index in [0.29, 0.717) is 0 Å². The minimum Gasteiger partial charge on any atom is -0.469 e. The second-order valence-electron chi connectivity index (χ2n) is 7.80. The van der Waals surface area contributed by atoms with Crippen LogP contribution in [0.1, 0.15) is 18.9 Å². The highest BCUT2D eigenvalue weighted by molar-refractivity contribution is 5.79. The molecule has 1 unspecified atom stereocenters. The number of fused-ring (bicyclic) bond motifs is 2. The highest BCUT2D eigenvalue weighted by atomic mass is 16.5. The largest absolute Gasteiger partial charge is 0.469 e. The third-order valence-electron chi connectivity index (χ3n) is 7.12. The van der Waals surface area contributed by atoms with E-state index in [2.05, 4.69) is 34.5 Å². The van der Waals surface area contributed by atoms with Crippen molar-refractivity contribution in [1.82, 2.24) is 4.90 Å². The van der Waals surface area contributed by atoms with Crippen molar-refractivity contribution in [2.45, 2.75) is 36.9 Å². The maximum Gasteiger partial charge on any atom is 0.311 e. The third-order valence-corrected chi connectivity index (χ3v) is 7.12. The first-order valence-corrected chi connectivity index (χ1v) is 9.14. The van der Waals surface area contributed by atoms with Crippen LogP contribution in [0.25, 0.3) is 0 Å². The first-order chi connectivity index (χ1) is 12.1. The molecule has 5 rings (SSSR count). The summed E-state index contributed by atoms with van der Waals surface area (Å²) < 4.78 is 5.20. The van der Waals surface area contributed by atoms with Crippen LogP contribution in [0.5, 0.6) is 0 Å². The van der Waals surface area contributed by atoms with Crippen LogP contribution in [0.2, 0.25) is 0 Å². The normalized spacial score (nSPS) is 42.7. The molecule has 1 aliphatic carbocycles. The monoisotopic (exact) mass is 340 g/mol. The van der Waals surface area contributed by atoms with Gasteiger partial charge in [-0.25, -0.2) is 0 Å². The predicted molar refractivity (Wildman–Crippen MR) is 94.3 cm³/mol. The fourth-order valence-corrected chi connectivity index (χ4v) is 6.27. The number of nitrogens with zero attached hydrogens (tertiary/aromatic N) is 1. The molecule has 2 bridgehead atoms. The fourth-order valence-electron chi connectivity index (χ4n) is 6.27. The Balaban J connectivity index is 1.75. The first-order valence-electron chi connectivity index (χ1n) is 9.14. The summed E-state index contributed by atoms with van der Waals surface area (Å²) in [6.45, 7) is 3.80. The molecule has 3 heterocycles. The first kappa shape index (κ1) is 15.4. The van der Waals surface area contributed by atoms with E-state index in [1.54, 1.807) is 0 Å². The van der Waals surface area contributed by atoms with Gasteiger partial charge in [0.25, 0.3) is 0 Å². The Morgan fingerprint density at radius 3 is 3.00 bits per heavy atom. The van der Waals surface area contributed by atoms with Gasteiger partial charge < -0.3 is 15.2 Å². The number of rotatable bonds is 1. The van der Waals surface area contributed by atoms with Crippen molar-refractivity contribution >= 4 is 11.7 Å².